The van der Waals surface area contributed by atoms with Gasteiger partial charge in [0.05, 0.1) is 6.10 Å². The molecule has 1 aliphatic carbocycles. The standard InChI is InChI=1S/C8H14O2/c9-5-7-3-4-10-8(7)6-1-2-6/h6-9H,1-5H2/t7-,8-/m0/s1. The van der Waals surface area contributed by atoms with E-state index in [4.69, 9.17) is 9.84 Å². The van der Waals surface area contributed by atoms with Gasteiger partial charge in [-0.05, 0) is 25.2 Å². The Morgan fingerprint density at radius 3 is 2.70 bits per heavy atom. The monoisotopic (exact) mass is 142 g/mol. The Morgan fingerprint density at radius 1 is 1.30 bits per heavy atom. The van der Waals surface area contributed by atoms with Crippen LogP contribution in [-0.4, -0.2) is 24.4 Å². The van der Waals surface area contributed by atoms with Gasteiger partial charge < -0.3 is 9.84 Å². The van der Waals surface area contributed by atoms with Gasteiger partial charge in [-0.3, -0.25) is 0 Å². The summed E-state index contributed by atoms with van der Waals surface area (Å²) in [5.41, 5.74) is 0. The number of aliphatic hydroxyl groups is 1. The van der Waals surface area contributed by atoms with Gasteiger partial charge in [0.2, 0.25) is 0 Å². The lowest BCUT2D eigenvalue weighted by Gasteiger charge is -2.14. The first-order chi connectivity index (χ1) is 4.92. The highest BCUT2D eigenvalue weighted by atomic mass is 16.5. The van der Waals surface area contributed by atoms with Gasteiger partial charge in [0.15, 0.2) is 0 Å². The minimum atomic E-state index is 0.321. The Morgan fingerprint density at radius 2 is 2.10 bits per heavy atom. The van der Waals surface area contributed by atoms with Crippen molar-refractivity contribution in [2.24, 2.45) is 11.8 Å². The molecule has 1 N–H and O–H groups in total. The maximum absolute atomic E-state index is 8.93. The van der Waals surface area contributed by atoms with E-state index in [1.165, 1.54) is 12.8 Å². The van der Waals surface area contributed by atoms with Gasteiger partial charge in [-0.2, -0.15) is 0 Å². The molecule has 2 fully saturated rings. The number of ether oxygens (including phenoxy) is 1. The van der Waals surface area contributed by atoms with Crippen LogP contribution in [0.3, 0.4) is 0 Å². The van der Waals surface area contributed by atoms with Crippen molar-refractivity contribution in [2.45, 2.75) is 25.4 Å². The lowest BCUT2D eigenvalue weighted by molar-refractivity contribution is 0.0560. The summed E-state index contributed by atoms with van der Waals surface area (Å²) in [5, 5.41) is 8.93. The minimum Gasteiger partial charge on any atom is -0.396 e. The third-order valence-electron chi connectivity index (χ3n) is 2.58. The molecule has 0 bridgehead atoms. The van der Waals surface area contributed by atoms with Crippen LogP contribution in [0.1, 0.15) is 19.3 Å². The first-order valence-electron chi connectivity index (χ1n) is 4.14. The molecule has 0 unspecified atom stereocenters. The molecule has 0 amide bonds. The zero-order valence-electron chi connectivity index (χ0n) is 6.12. The average molecular weight is 142 g/mol. The molecule has 2 aliphatic rings. The minimum absolute atomic E-state index is 0.321. The molecule has 10 heavy (non-hydrogen) atoms. The van der Waals surface area contributed by atoms with Crippen LogP contribution in [0, 0.1) is 11.8 Å². The van der Waals surface area contributed by atoms with Crippen LogP contribution in [0.5, 0.6) is 0 Å². The second kappa shape index (κ2) is 2.51. The van der Waals surface area contributed by atoms with Crippen LogP contribution in [0.2, 0.25) is 0 Å². The summed E-state index contributed by atoms with van der Waals surface area (Å²) in [6, 6.07) is 0. The van der Waals surface area contributed by atoms with E-state index in [1.807, 2.05) is 0 Å². The van der Waals surface area contributed by atoms with Crippen molar-refractivity contribution in [2.75, 3.05) is 13.2 Å². The fraction of sp³-hybridized carbons (Fsp3) is 1.00. The molecule has 2 atom stereocenters. The van der Waals surface area contributed by atoms with Crippen molar-refractivity contribution in [3.63, 3.8) is 0 Å². The highest BCUT2D eigenvalue weighted by molar-refractivity contribution is 4.89. The summed E-state index contributed by atoms with van der Waals surface area (Å²) >= 11 is 0. The molecule has 0 radical (unpaired) electrons. The smallest absolute Gasteiger partial charge is 0.0654 e. The van der Waals surface area contributed by atoms with Crippen LogP contribution in [0.25, 0.3) is 0 Å². The lowest BCUT2D eigenvalue weighted by Crippen LogP contribution is -2.21. The van der Waals surface area contributed by atoms with Crippen molar-refractivity contribution in [3.8, 4) is 0 Å². The molecule has 1 heterocycles. The van der Waals surface area contributed by atoms with E-state index in [9.17, 15) is 0 Å². The van der Waals surface area contributed by atoms with E-state index in [2.05, 4.69) is 0 Å². The molecule has 1 saturated heterocycles. The maximum atomic E-state index is 8.93. The predicted octanol–water partition coefficient (Wildman–Crippen LogP) is 0.794. The van der Waals surface area contributed by atoms with Gasteiger partial charge in [-0.1, -0.05) is 0 Å². The molecule has 0 aromatic rings. The molecule has 1 aliphatic heterocycles. The topological polar surface area (TPSA) is 29.5 Å². The van der Waals surface area contributed by atoms with Crippen molar-refractivity contribution in [3.05, 3.63) is 0 Å². The third-order valence-corrected chi connectivity index (χ3v) is 2.58. The number of hydrogen-bond donors (Lipinski definition) is 1. The normalized spacial score (nSPS) is 40.5. The SMILES string of the molecule is OC[C@@H]1CCO[C@H]1C1CC1. The van der Waals surface area contributed by atoms with Crippen LogP contribution in [0.15, 0.2) is 0 Å². The fourth-order valence-electron chi connectivity index (χ4n) is 1.80. The molecule has 2 nitrogen and oxygen atoms in total. The number of rotatable bonds is 2. The van der Waals surface area contributed by atoms with Gasteiger partial charge in [0.1, 0.15) is 0 Å². The summed E-state index contributed by atoms with van der Waals surface area (Å²) in [6.45, 7) is 1.19. The molecular weight excluding hydrogens is 128 g/mol. The van der Waals surface area contributed by atoms with Crippen LogP contribution >= 0.6 is 0 Å². The summed E-state index contributed by atoms with van der Waals surface area (Å²) in [4.78, 5) is 0. The van der Waals surface area contributed by atoms with E-state index >= 15 is 0 Å². The second-order valence-corrected chi connectivity index (χ2v) is 3.40. The van der Waals surface area contributed by atoms with Crippen molar-refractivity contribution in [1.29, 1.82) is 0 Å². The van der Waals surface area contributed by atoms with E-state index < -0.39 is 0 Å². The van der Waals surface area contributed by atoms with Gasteiger partial charge in [0.25, 0.3) is 0 Å². The summed E-state index contributed by atoms with van der Waals surface area (Å²) < 4.78 is 5.52. The quantitative estimate of drug-likeness (QED) is 0.617. The molecule has 2 rings (SSSR count). The van der Waals surface area contributed by atoms with Gasteiger partial charge in [-0.15, -0.1) is 0 Å². The Labute approximate surface area is 61.2 Å². The lowest BCUT2D eigenvalue weighted by atomic mass is 9.99. The molecule has 0 aromatic carbocycles. The van der Waals surface area contributed by atoms with Crippen molar-refractivity contribution >= 4 is 0 Å². The predicted molar refractivity (Wildman–Crippen MR) is 37.7 cm³/mol. The fourth-order valence-corrected chi connectivity index (χ4v) is 1.80. The first kappa shape index (κ1) is 6.62. The average Bonchev–Trinajstić information content (AvgIpc) is 2.69. The number of hydrogen-bond acceptors (Lipinski definition) is 2. The zero-order valence-corrected chi connectivity index (χ0v) is 6.12. The van der Waals surface area contributed by atoms with E-state index in [-0.39, 0.29) is 0 Å². The van der Waals surface area contributed by atoms with Gasteiger partial charge >= 0.3 is 0 Å². The largest absolute Gasteiger partial charge is 0.396 e. The summed E-state index contributed by atoms with van der Waals surface area (Å²) in [6.07, 6.45) is 4.12. The van der Waals surface area contributed by atoms with E-state index in [1.54, 1.807) is 0 Å². The van der Waals surface area contributed by atoms with Crippen LogP contribution in [-0.2, 0) is 4.74 Å². The van der Waals surface area contributed by atoms with Crippen molar-refractivity contribution < 1.29 is 9.84 Å². The molecule has 0 aromatic heterocycles. The van der Waals surface area contributed by atoms with Gasteiger partial charge in [0, 0.05) is 19.1 Å². The Hall–Kier alpha value is -0.0800. The van der Waals surface area contributed by atoms with E-state index in [0.717, 1.165) is 18.9 Å². The molecule has 1 saturated carbocycles. The molecular formula is C8H14O2. The molecule has 0 spiro atoms. The van der Waals surface area contributed by atoms with Gasteiger partial charge in [-0.25, -0.2) is 0 Å². The summed E-state index contributed by atoms with van der Waals surface area (Å²) in [7, 11) is 0. The highest BCUT2D eigenvalue weighted by Gasteiger charge is 2.39. The molecule has 58 valence electrons. The third kappa shape index (κ3) is 1.06. The Kier molecular flexibility index (Phi) is 1.66. The highest BCUT2D eigenvalue weighted by Crippen LogP contribution is 2.41. The number of aliphatic hydroxyl groups excluding tert-OH is 1. The maximum Gasteiger partial charge on any atom is 0.0654 e. The second-order valence-electron chi connectivity index (χ2n) is 3.40. The Balaban J connectivity index is 1.91. The van der Waals surface area contributed by atoms with E-state index in [0.29, 0.717) is 18.6 Å². The first-order valence-corrected chi connectivity index (χ1v) is 4.14. The summed E-state index contributed by atoms with van der Waals surface area (Å²) in [5.74, 6) is 1.24. The van der Waals surface area contributed by atoms with Crippen LogP contribution in [0.4, 0.5) is 0 Å². The molecule has 2 heteroatoms. The van der Waals surface area contributed by atoms with Crippen LogP contribution < -0.4 is 0 Å². The van der Waals surface area contributed by atoms with Crippen molar-refractivity contribution in [1.82, 2.24) is 0 Å². The Bertz CT molecular complexity index is 120. The zero-order chi connectivity index (χ0) is 6.97.